The van der Waals surface area contributed by atoms with Crippen LogP contribution in [0.25, 0.3) is 0 Å². The van der Waals surface area contributed by atoms with Gasteiger partial charge >= 0.3 is 0 Å². The lowest BCUT2D eigenvalue weighted by Gasteiger charge is -2.09. The second kappa shape index (κ2) is 5.21. The van der Waals surface area contributed by atoms with E-state index in [9.17, 15) is 4.79 Å². The van der Waals surface area contributed by atoms with Crippen LogP contribution >= 0.6 is 23.2 Å². The zero-order valence-electron chi connectivity index (χ0n) is 8.69. The maximum absolute atomic E-state index is 10.8. The smallest absolute Gasteiger partial charge is 0.153 e. The molecule has 0 amide bonds. The number of carbonyl (C=O) groups is 1. The lowest BCUT2D eigenvalue weighted by atomic mass is 10.2. The quantitative estimate of drug-likeness (QED) is 0.760. The van der Waals surface area contributed by atoms with E-state index in [1.165, 1.54) is 0 Å². The van der Waals surface area contributed by atoms with E-state index in [0.29, 0.717) is 27.1 Å². The number of para-hydroxylation sites is 1. The van der Waals surface area contributed by atoms with Gasteiger partial charge in [-0.15, -0.1) is 0 Å². The first-order chi connectivity index (χ1) is 8.20. The predicted octanol–water partition coefficient (Wildman–Crippen LogP) is 4.60. The number of carbonyl (C=O) groups excluding carboxylic acids is 1. The Morgan fingerprint density at radius 1 is 1.00 bits per heavy atom. The normalized spacial score (nSPS) is 10.0. The minimum atomic E-state index is 0.401. The third kappa shape index (κ3) is 2.78. The van der Waals surface area contributed by atoms with Crippen molar-refractivity contribution in [2.45, 2.75) is 0 Å². The molecule has 2 rings (SSSR count). The van der Waals surface area contributed by atoms with E-state index in [0.717, 1.165) is 6.29 Å². The molecule has 0 N–H and O–H groups in total. The van der Waals surface area contributed by atoms with Gasteiger partial charge in [-0.3, -0.25) is 4.79 Å². The summed E-state index contributed by atoms with van der Waals surface area (Å²) in [6.07, 6.45) is 0.735. The molecular weight excluding hydrogens is 259 g/mol. The average molecular weight is 267 g/mol. The summed E-state index contributed by atoms with van der Waals surface area (Å²) in [7, 11) is 0. The van der Waals surface area contributed by atoms with Crippen molar-refractivity contribution in [1.82, 2.24) is 0 Å². The van der Waals surface area contributed by atoms with Crippen LogP contribution in [0.1, 0.15) is 10.4 Å². The lowest BCUT2D eigenvalue weighted by Crippen LogP contribution is -1.90. The number of rotatable bonds is 3. The molecule has 0 saturated carbocycles. The van der Waals surface area contributed by atoms with Crippen LogP contribution in [0.15, 0.2) is 42.5 Å². The molecule has 2 nitrogen and oxygen atoms in total. The summed E-state index contributed by atoms with van der Waals surface area (Å²) in [5, 5.41) is 0.934. The van der Waals surface area contributed by atoms with Gasteiger partial charge in [0.05, 0.1) is 10.6 Å². The van der Waals surface area contributed by atoms with Crippen LogP contribution in [0.3, 0.4) is 0 Å². The van der Waals surface area contributed by atoms with Crippen molar-refractivity contribution in [2.24, 2.45) is 0 Å². The minimum absolute atomic E-state index is 0.401. The largest absolute Gasteiger partial charge is 0.455 e. The van der Waals surface area contributed by atoms with E-state index >= 15 is 0 Å². The Morgan fingerprint density at radius 3 is 2.47 bits per heavy atom. The van der Waals surface area contributed by atoms with E-state index in [1.54, 1.807) is 42.5 Å². The van der Waals surface area contributed by atoms with E-state index in [4.69, 9.17) is 27.9 Å². The van der Waals surface area contributed by atoms with Crippen molar-refractivity contribution in [1.29, 1.82) is 0 Å². The average Bonchev–Trinajstić information content (AvgIpc) is 2.33. The van der Waals surface area contributed by atoms with E-state index in [-0.39, 0.29) is 0 Å². The molecule has 86 valence electrons. The Hall–Kier alpha value is -1.51. The van der Waals surface area contributed by atoms with Crippen LogP contribution < -0.4 is 4.74 Å². The molecule has 0 unspecified atom stereocenters. The topological polar surface area (TPSA) is 26.3 Å². The van der Waals surface area contributed by atoms with E-state index in [1.807, 2.05) is 0 Å². The minimum Gasteiger partial charge on any atom is -0.455 e. The zero-order chi connectivity index (χ0) is 12.3. The summed E-state index contributed by atoms with van der Waals surface area (Å²) in [5.41, 5.74) is 0.471. The molecule has 0 atom stereocenters. The van der Waals surface area contributed by atoms with Crippen molar-refractivity contribution >= 4 is 29.5 Å². The highest BCUT2D eigenvalue weighted by atomic mass is 35.5. The van der Waals surface area contributed by atoms with Crippen LogP contribution in [0, 0.1) is 0 Å². The summed E-state index contributed by atoms with van der Waals surface area (Å²) in [5.74, 6) is 0.928. The van der Waals surface area contributed by atoms with E-state index in [2.05, 4.69) is 0 Å². The second-order valence-corrected chi connectivity index (χ2v) is 4.18. The SMILES string of the molecule is O=Cc1ccccc1Oc1ccc(Cl)cc1Cl. The van der Waals surface area contributed by atoms with Crippen molar-refractivity contribution < 1.29 is 9.53 Å². The van der Waals surface area contributed by atoms with Gasteiger partial charge in [0, 0.05) is 5.02 Å². The van der Waals surface area contributed by atoms with Crippen LogP contribution in [0.5, 0.6) is 11.5 Å². The van der Waals surface area contributed by atoms with Gasteiger partial charge < -0.3 is 4.74 Å². The second-order valence-electron chi connectivity index (χ2n) is 3.33. The molecule has 0 aliphatic rings. The summed E-state index contributed by atoms with van der Waals surface area (Å²) < 4.78 is 5.56. The first kappa shape index (κ1) is 12.0. The Labute approximate surface area is 109 Å². The van der Waals surface area contributed by atoms with Crippen molar-refractivity contribution in [3.63, 3.8) is 0 Å². The van der Waals surface area contributed by atoms with Crippen LogP contribution in [0.4, 0.5) is 0 Å². The molecular formula is C13H8Cl2O2. The summed E-state index contributed by atoms with van der Waals surface area (Å²) in [4.78, 5) is 10.8. The molecule has 0 radical (unpaired) electrons. The highest BCUT2D eigenvalue weighted by Crippen LogP contribution is 2.32. The number of hydrogen-bond acceptors (Lipinski definition) is 2. The number of aldehydes is 1. The van der Waals surface area contributed by atoms with Crippen molar-refractivity contribution in [3.8, 4) is 11.5 Å². The number of benzene rings is 2. The van der Waals surface area contributed by atoms with Crippen LogP contribution in [-0.2, 0) is 0 Å². The molecule has 0 aromatic heterocycles. The fraction of sp³-hybridized carbons (Fsp3) is 0. The van der Waals surface area contributed by atoms with Crippen LogP contribution in [-0.4, -0.2) is 6.29 Å². The van der Waals surface area contributed by atoms with Gasteiger partial charge in [-0.2, -0.15) is 0 Å². The molecule has 0 heterocycles. The first-order valence-electron chi connectivity index (χ1n) is 4.88. The monoisotopic (exact) mass is 266 g/mol. The first-order valence-corrected chi connectivity index (χ1v) is 5.63. The molecule has 0 aliphatic heterocycles. The Bertz CT molecular complexity index is 553. The maximum atomic E-state index is 10.8. The molecule has 17 heavy (non-hydrogen) atoms. The maximum Gasteiger partial charge on any atom is 0.153 e. The molecule has 2 aromatic rings. The van der Waals surface area contributed by atoms with Crippen LogP contribution in [0.2, 0.25) is 10.0 Å². The summed E-state index contributed by atoms with van der Waals surface area (Å²) >= 11 is 11.8. The molecule has 0 bridgehead atoms. The number of ether oxygens (including phenoxy) is 1. The highest BCUT2D eigenvalue weighted by Gasteiger charge is 2.06. The van der Waals surface area contributed by atoms with Gasteiger partial charge in [-0.05, 0) is 30.3 Å². The van der Waals surface area contributed by atoms with Crippen molar-refractivity contribution in [3.05, 3.63) is 58.1 Å². The molecule has 0 spiro atoms. The molecule has 0 aliphatic carbocycles. The standard InChI is InChI=1S/C13H8Cl2O2/c14-10-5-6-13(11(15)7-10)17-12-4-2-1-3-9(12)8-16/h1-8H. The molecule has 4 heteroatoms. The third-order valence-electron chi connectivity index (χ3n) is 2.16. The predicted molar refractivity (Wildman–Crippen MR) is 68.4 cm³/mol. The van der Waals surface area contributed by atoms with Gasteiger partial charge in [-0.25, -0.2) is 0 Å². The van der Waals surface area contributed by atoms with Gasteiger partial charge in [0.15, 0.2) is 6.29 Å². The van der Waals surface area contributed by atoms with Gasteiger partial charge in [0.1, 0.15) is 11.5 Å². The Morgan fingerprint density at radius 2 is 1.76 bits per heavy atom. The molecule has 0 fully saturated rings. The van der Waals surface area contributed by atoms with Crippen molar-refractivity contribution in [2.75, 3.05) is 0 Å². The number of hydrogen-bond donors (Lipinski definition) is 0. The Kier molecular flexibility index (Phi) is 3.67. The zero-order valence-corrected chi connectivity index (χ0v) is 10.2. The van der Waals surface area contributed by atoms with Gasteiger partial charge in [0.2, 0.25) is 0 Å². The summed E-state index contributed by atoms with van der Waals surface area (Å²) in [6.45, 7) is 0. The fourth-order valence-electron chi connectivity index (χ4n) is 1.35. The van der Waals surface area contributed by atoms with Gasteiger partial charge in [0.25, 0.3) is 0 Å². The lowest BCUT2D eigenvalue weighted by molar-refractivity contribution is 0.112. The van der Waals surface area contributed by atoms with Gasteiger partial charge in [-0.1, -0.05) is 35.3 Å². The summed E-state index contributed by atoms with van der Waals surface area (Å²) in [6, 6.07) is 11.8. The van der Waals surface area contributed by atoms with E-state index < -0.39 is 0 Å². The third-order valence-corrected chi connectivity index (χ3v) is 2.69. The molecule has 2 aromatic carbocycles. The Balaban J connectivity index is 2.34. The highest BCUT2D eigenvalue weighted by molar-refractivity contribution is 6.35. The number of halogens is 2. The fourth-order valence-corrected chi connectivity index (χ4v) is 1.79. The molecule has 0 saturated heterocycles.